The molecular weight excluding hydrogens is 342 g/mol. The van der Waals surface area contributed by atoms with Gasteiger partial charge in [0.15, 0.2) is 0 Å². The Morgan fingerprint density at radius 2 is 1.81 bits per heavy atom. The third kappa shape index (κ3) is 3.15. The van der Waals surface area contributed by atoms with Crippen LogP contribution in [0.1, 0.15) is 24.4 Å². The van der Waals surface area contributed by atoms with Crippen LogP contribution < -0.4 is 10.6 Å². The summed E-state index contributed by atoms with van der Waals surface area (Å²) < 4.78 is 1.70. The number of amides is 1. The number of phenols is 1. The van der Waals surface area contributed by atoms with Crippen LogP contribution in [0.4, 0.5) is 11.6 Å². The van der Waals surface area contributed by atoms with Gasteiger partial charge in [-0.1, -0.05) is 30.3 Å². The number of nitrogens with one attached hydrogen (secondary N) is 2. The molecule has 1 aliphatic heterocycles. The molecule has 1 atom stereocenters. The van der Waals surface area contributed by atoms with Crippen molar-refractivity contribution in [2.45, 2.75) is 19.9 Å². The molecule has 3 N–H and O–H groups in total. The van der Waals surface area contributed by atoms with Gasteiger partial charge in [-0.2, -0.15) is 10.1 Å². The number of carbonyl (C=O) groups excluding carboxylic acids is 1. The van der Waals surface area contributed by atoms with Gasteiger partial charge in [0.1, 0.15) is 17.6 Å². The van der Waals surface area contributed by atoms with Gasteiger partial charge in [-0.3, -0.25) is 4.79 Å². The first-order valence-electron chi connectivity index (χ1n) is 8.59. The maximum Gasteiger partial charge on any atom is 0.255 e. The molecular formula is C20H19N5O2. The summed E-state index contributed by atoms with van der Waals surface area (Å²) in [4.78, 5) is 17.5. The monoisotopic (exact) mass is 361 g/mol. The van der Waals surface area contributed by atoms with Crippen LogP contribution in [0.5, 0.6) is 5.75 Å². The summed E-state index contributed by atoms with van der Waals surface area (Å²) >= 11 is 0. The Bertz CT molecular complexity index is 1020. The lowest BCUT2D eigenvalue weighted by Crippen LogP contribution is -2.31. The molecule has 0 aliphatic carbocycles. The fourth-order valence-electron chi connectivity index (χ4n) is 3.24. The van der Waals surface area contributed by atoms with Crippen molar-refractivity contribution in [1.29, 1.82) is 0 Å². The molecule has 0 spiro atoms. The van der Waals surface area contributed by atoms with Crippen LogP contribution in [-0.2, 0) is 4.79 Å². The molecule has 0 fully saturated rings. The normalized spacial score (nSPS) is 15.9. The molecule has 1 aromatic heterocycles. The summed E-state index contributed by atoms with van der Waals surface area (Å²) in [5.41, 5.74) is 2.80. The molecule has 1 aliphatic rings. The molecule has 1 amide bonds. The van der Waals surface area contributed by atoms with E-state index in [1.807, 2.05) is 37.3 Å². The quantitative estimate of drug-likeness (QED) is 0.666. The van der Waals surface area contributed by atoms with E-state index in [9.17, 15) is 9.90 Å². The van der Waals surface area contributed by atoms with Crippen molar-refractivity contribution in [1.82, 2.24) is 14.8 Å². The van der Waals surface area contributed by atoms with Crippen LogP contribution in [0.3, 0.4) is 0 Å². The number of nitrogens with zero attached hydrogens (tertiary/aromatic N) is 3. The number of anilines is 2. The SMILES string of the molecule is CC1=C(C(=O)Nc2ccccc2)C(c2ccc(O)cc2)n2nc(C)nc2N1. The van der Waals surface area contributed by atoms with E-state index < -0.39 is 6.04 Å². The number of allylic oxidation sites excluding steroid dienone is 1. The molecule has 4 rings (SSSR count). The number of benzene rings is 2. The van der Waals surface area contributed by atoms with Crippen LogP contribution in [0.2, 0.25) is 0 Å². The molecule has 2 aromatic carbocycles. The Balaban J connectivity index is 1.79. The second-order valence-corrected chi connectivity index (χ2v) is 6.41. The number of para-hydroxylation sites is 1. The van der Waals surface area contributed by atoms with E-state index in [-0.39, 0.29) is 11.7 Å². The summed E-state index contributed by atoms with van der Waals surface area (Å²) in [6.07, 6.45) is 0. The van der Waals surface area contributed by atoms with Crippen molar-refractivity contribution in [2.24, 2.45) is 0 Å². The molecule has 1 unspecified atom stereocenters. The molecule has 0 bridgehead atoms. The first-order valence-corrected chi connectivity index (χ1v) is 8.59. The maximum atomic E-state index is 13.1. The number of aryl methyl sites for hydroxylation is 1. The van der Waals surface area contributed by atoms with Crippen molar-refractivity contribution < 1.29 is 9.90 Å². The summed E-state index contributed by atoms with van der Waals surface area (Å²) in [5, 5.41) is 20.2. The smallest absolute Gasteiger partial charge is 0.255 e. The zero-order chi connectivity index (χ0) is 19.0. The zero-order valence-corrected chi connectivity index (χ0v) is 15.0. The lowest BCUT2D eigenvalue weighted by molar-refractivity contribution is -0.113. The highest BCUT2D eigenvalue weighted by Crippen LogP contribution is 2.36. The van der Waals surface area contributed by atoms with E-state index >= 15 is 0 Å². The number of aromatic nitrogens is 3. The molecule has 0 radical (unpaired) electrons. The van der Waals surface area contributed by atoms with Crippen LogP contribution >= 0.6 is 0 Å². The van der Waals surface area contributed by atoms with Crippen LogP contribution in [-0.4, -0.2) is 25.8 Å². The topological polar surface area (TPSA) is 92.1 Å². The third-order valence-corrected chi connectivity index (χ3v) is 4.44. The largest absolute Gasteiger partial charge is 0.508 e. The van der Waals surface area contributed by atoms with Crippen molar-refractivity contribution >= 4 is 17.5 Å². The molecule has 0 saturated heterocycles. The summed E-state index contributed by atoms with van der Waals surface area (Å²) in [5.74, 6) is 1.14. The molecule has 7 nitrogen and oxygen atoms in total. The average Bonchev–Trinajstić information content (AvgIpc) is 3.01. The summed E-state index contributed by atoms with van der Waals surface area (Å²) in [7, 11) is 0. The first-order chi connectivity index (χ1) is 13.0. The van der Waals surface area contributed by atoms with Crippen molar-refractivity contribution in [3.63, 3.8) is 0 Å². The molecule has 2 heterocycles. The molecule has 3 aromatic rings. The van der Waals surface area contributed by atoms with Gasteiger partial charge in [0.05, 0.1) is 5.57 Å². The number of fused-ring (bicyclic) bond motifs is 1. The average molecular weight is 361 g/mol. The fraction of sp³-hybridized carbons (Fsp3) is 0.150. The number of carbonyl (C=O) groups is 1. The Morgan fingerprint density at radius 1 is 1.11 bits per heavy atom. The Morgan fingerprint density at radius 3 is 2.52 bits per heavy atom. The number of phenolic OH excluding ortho intramolecular Hbond substituents is 1. The van der Waals surface area contributed by atoms with Gasteiger partial charge in [-0.05, 0) is 43.7 Å². The first kappa shape index (κ1) is 16.8. The summed E-state index contributed by atoms with van der Waals surface area (Å²) in [6, 6.07) is 15.6. The number of hydrogen-bond donors (Lipinski definition) is 3. The fourth-order valence-corrected chi connectivity index (χ4v) is 3.24. The molecule has 27 heavy (non-hydrogen) atoms. The predicted octanol–water partition coefficient (Wildman–Crippen LogP) is 3.22. The molecule has 136 valence electrons. The number of hydrogen-bond acceptors (Lipinski definition) is 5. The minimum absolute atomic E-state index is 0.165. The van der Waals surface area contributed by atoms with Crippen molar-refractivity contribution in [3.05, 3.63) is 77.3 Å². The Labute approximate surface area is 156 Å². The van der Waals surface area contributed by atoms with Gasteiger partial charge in [-0.15, -0.1) is 0 Å². The standard InChI is InChI=1S/C20H19N5O2/c1-12-17(19(27)23-15-6-4-3-5-7-15)18(14-8-10-16(26)11-9-14)25-20(21-12)22-13(2)24-25/h3-11,18,26H,1-2H3,(H,23,27)(H,21,22,24). The van der Waals surface area contributed by atoms with Gasteiger partial charge in [0.2, 0.25) is 5.95 Å². The highest BCUT2D eigenvalue weighted by molar-refractivity contribution is 6.06. The van der Waals surface area contributed by atoms with Crippen molar-refractivity contribution in [2.75, 3.05) is 10.6 Å². The molecule has 0 saturated carbocycles. The Kier molecular flexibility index (Phi) is 4.12. The van der Waals surface area contributed by atoms with E-state index in [0.717, 1.165) is 5.56 Å². The minimum atomic E-state index is -0.452. The van der Waals surface area contributed by atoms with Crippen molar-refractivity contribution in [3.8, 4) is 5.75 Å². The predicted molar refractivity (Wildman–Crippen MR) is 102 cm³/mol. The van der Waals surface area contributed by atoms with Gasteiger partial charge >= 0.3 is 0 Å². The number of aromatic hydroxyl groups is 1. The van der Waals surface area contributed by atoms with Crippen LogP contribution in [0.15, 0.2) is 65.9 Å². The zero-order valence-electron chi connectivity index (χ0n) is 15.0. The van der Waals surface area contributed by atoms with Crippen LogP contribution in [0.25, 0.3) is 0 Å². The van der Waals surface area contributed by atoms with E-state index in [0.29, 0.717) is 28.7 Å². The lowest BCUT2D eigenvalue weighted by Gasteiger charge is -2.28. The molecule has 7 heteroatoms. The van der Waals surface area contributed by atoms with E-state index in [2.05, 4.69) is 20.7 Å². The highest BCUT2D eigenvalue weighted by atomic mass is 16.3. The van der Waals surface area contributed by atoms with E-state index in [1.54, 1.807) is 35.9 Å². The van der Waals surface area contributed by atoms with Gasteiger partial charge in [0.25, 0.3) is 5.91 Å². The highest BCUT2D eigenvalue weighted by Gasteiger charge is 2.33. The lowest BCUT2D eigenvalue weighted by atomic mass is 9.95. The van der Waals surface area contributed by atoms with E-state index in [1.165, 1.54) is 0 Å². The van der Waals surface area contributed by atoms with Crippen LogP contribution in [0, 0.1) is 6.92 Å². The summed E-state index contributed by atoms with van der Waals surface area (Å²) in [6.45, 7) is 3.65. The second-order valence-electron chi connectivity index (χ2n) is 6.41. The number of rotatable bonds is 3. The third-order valence-electron chi connectivity index (χ3n) is 4.44. The van der Waals surface area contributed by atoms with Gasteiger partial charge in [0, 0.05) is 11.4 Å². The van der Waals surface area contributed by atoms with Gasteiger partial charge < -0.3 is 15.7 Å². The van der Waals surface area contributed by atoms with Gasteiger partial charge in [-0.25, -0.2) is 4.68 Å². The van der Waals surface area contributed by atoms with E-state index in [4.69, 9.17) is 0 Å². The second kappa shape index (κ2) is 6.60. The Hall–Kier alpha value is -3.61. The minimum Gasteiger partial charge on any atom is -0.508 e. The maximum absolute atomic E-state index is 13.1.